The Labute approximate surface area is 71.3 Å². The van der Waals surface area contributed by atoms with E-state index in [2.05, 4.69) is 4.74 Å². The summed E-state index contributed by atoms with van der Waals surface area (Å²) in [7, 11) is 1.36. The van der Waals surface area contributed by atoms with E-state index >= 15 is 0 Å². The van der Waals surface area contributed by atoms with Gasteiger partial charge < -0.3 is 15.2 Å². The molecule has 1 aliphatic heterocycles. The maximum Gasteiger partial charge on any atom is 0.308 e. The van der Waals surface area contributed by atoms with Gasteiger partial charge in [0.05, 0.1) is 26.2 Å². The highest BCUT2D eigenvalue weighted by molar-refractivity contribution is 5.70. The van der Waals surface area contributed by atoms with E-state index in [9.17, 15) is 4.79 Å². The predicted molar refractivity (Wildman–Crippen MR) is 43.5 cm³/mol. The summed E-state index contributed by atoms with van der Waals surface area (Å²) in [6, 6.07) is -0.0427. The Hall–Kier alpha value is -0.870. The van der Waals surface area contributed by atoms with Gasteiger partial charge in [0, 0.05) is 6.04 Å². The smallest absolute Gasteiger partial charge is 0.308 e. The Morgan fingerprint density at radius 1 is 1.75 bits per heavy atom. The molecule has 1 heterocycles. The fraction of sp³-hybridized carbons (Fsp3) is 0.625. The molecule has 0 aromatic heterocycles. The minimum Gasteiger partial charge on any atom is -0.469 e. The molecule has 0 aromatic carbocycles. The largest absolute Gasteiger partial charge is 0.469 e. The molecule has 0 radical (unpaired) electrons. The average molecular weight is 171 g/mol. The number of hydrogen-bond acceptors (Lipinski definition) is 4. The highest BCUT2D eigenvalue weighted by atomic mass is 16.5. The van der Waals surface area contributed by atoms with E-state index in [1.54, 1.807) is 6.08 Å². The Morgan fingerprint density at radius 2 is 2.50 bits per heavy atom. The number of ether oxygens (including phenoxy) is 2. The van der Waals surface area contributed by atoms with Crippen LogP contribution >= 0.6 is 0 Å². The van der Waals surface area contributed by atoms with Crippen LogP contribution in [0.4, 0.5) is 0 Å². The molecule has 68 valence electrons. The van der Waals surface area contributed by atoms with Crippen molar-refractivity contribution >= 4 is 5.97 Å². The van der Waals surface area contributed by atoms with Crippen LogP contribution in [0.15, 0.2) is 12.2 Å². The van der Waals surface area contributed by atoms with Gasteiger partial charge in [0.25, 0.3) is 0 Å². The fourth-order valence-electron chi connectivity index (χ4n) is 0.987. The normalized spacial score (nSPS) is 28.5. The van der Waals surface area contributed by atoms with Gasteiger partial charge in [0.1, 0.15) is 0 Å². The van der Waals surface area contributed by atoms with Crippen LogP contribution in [0.5, 0.6) is 0 Å². The highest BCUT2D eigenvalue weighted by Gasteiger charge is 2.16. The van der Waals surface area contributed by atoms with Crippen molar-refractivity contribution in [2.45, 2.75) is 18.6 Å². The minimum absolute atomic E-state index is 0.0427. The van der Waals surface area contributed by atoms with E-state index in [1.807, 2.05) is 6.08 Å². The number of carbonyl (C=O) groups excluding carboxylic acids is 1. The average Bonchev–Trinajstić information content (AvgIpc) is 2.09. The van der Waals surface area contributed by atoms with Crippen molar-refractivity contribution in [1.82, 2.24) is 0 Å². The van der Waals surface area contributed by atoms with E-state index in [1.165, 1.54) is 7.11 Å². The third kappa shape index (κ3) is 2.64. The summed E-state index contributed by atoms with van der Waals surface area (Å²) in [4.78, 5) is 10.8. The third-order valence-electron chi connectivity index (χ3n) is 1.67. The SMILES string of the molecule is COC(=O)CC1C=C[C@@H](N)CO1. The molecule has 2 N–H and O–H groups in total. The van der Waals surface area contributed by atoms with Gasteiger partial charge in [-0.15, -0.1) is 0 Å². The van der Waals surface area contributed by atoms with Crippen molar-refractivity contribution in [3.8, 4) is 0 Å². The molecule has 0 bridgehead atoms. The number of methoxy groups -OCH3 is 1. The first kappa shape index (κ1) is 9.22. The lowest BCUT2D eigenvalue weighted by molar-refractivity contribution is -0.143. The van der Waals surface area contributed by atoms with E-state index in [0.29, 0.717) is 6.61 Å². The molecule has 1 aliphatic rings. The number of hydrogen-bond donors (Lipinski definition) is 1. The Kier molecular flexibility index (Phi) is 3.25. The van der Waals surface area contributed by atoms with Crippen LogP contribution in [0, 0.1) is 0 Å². The molecule has 4 heteroatoms. The van der Waals surface area contributed by atoms with Crippen LogP contribution < -0.4 is 5.73 Å². The van der Waals surface area contributed by atoms with Crippen LogP contribution in [0.1, 0.15) is 6.42 Å². The van der Waals surface area contributed by atoms with Crippen molar-refractivity contribution in [3.05, 3.63) is 12.2 Å². The number of esters is 1. The zero-order chi connectivity index (χ0) is 8.97. The van der Waals surface area contributed by atoms with Gasteiger partial charge in [-0.2, -0.15) is 0 Å². The van der Waals surface area contributed by atoms with Crippen LogP contribution in [-0.2, 0) is 14.3 Å². The summed E-state index contributed by atoms with van der Waals surface area (Å²) in [5, 5.41) is 0. The first-order valence-corrected chi connectivity index (χ1v) is 3.84. The monoisotopic (exact) mass is 171 g/mol. The molecule has 0 saturated heterocycles. The van der Waals surface area contributed by atoms with Gasteiger partial charge in [0.2, 0.25) is 0 Å². The summed E-state index contributed by atoms with van der Waals surface area (Å²) in [5.74, 6) is -0.264. The van der Waals surface area contributed by atoms with Gasteiger partial charge in [-0.25, -0.2) is 0 Å². The van der Waals surface area contributed by atoms with Gasteiger partial charge in [0.15, 0.2) is 0 Å². The van der Waals surface area contributed by atoms with E-state index < -0.39 is 0 Å². The quantitative estimate of drug-likeness (QED) is 0.463. The van der Waals surface area contributed by atoms with Crippen LogP contribution in [0.3, 0.4) is 0 Å². The van der Waals surface area contributed by atoms with E-state index in [4.69, 9.17) is 10.5 Å². The lowest BCUT2D eigenvalue weighted by Crippen LogP contribution is -2.32. The lowest BCUT2D eigenvalue weighted by Gasteiger charge is -2.20. The van der Waals surface area contributed by atoms with Crippen LogP contribution in [0.25, 0.3) is 0 Å². The Bertz CT molecular complexity index is 191. The molecule has 1 rings (SSSR count). The highest BCUT2D eigenvalue weighted by Crippen LogP contribution is 2.08. The first-order valence-electron chi connectivity index (χ1n) is 3.84. The van der Waals surface area contributed by atoms with Crippen molar-refractivity contribution in [2.24, 2.45) is 5.73 Å². The summed E-state index contributed by atoms with van der Waals surface area (Å²) < 4.78 is 9.75. The Balaban J connectivity index is 2.35. The van der Waals surface area contributed by atoms with Gasteiger partial charge >= 0.3 is 5.97 Å². The molecule has 0 saturated carbocycles. The summed E-state index contributed by atoms with van der Waals surface area (Å²) in [5.41, 5.74) is 5.53. The molecule has 1 unspecified atom stereocenters. The van der Waals surface area contributed by atoms with Crippen molar-refractivity contribution in [2.75, 3.05) is 13.7 Å². The van der Waals surface area contributed by atoms with Crippen LogP contribution in [0.2, 0.25) is 0 Å². The molecule has 0 aromatic rings. The second kappa shape index (κ2) is 4.23. The zero-order valence-electron chi connectivity index (χ0n) is 7.03. The molecule has 0 aliphatic carbocycles. The molecule has 0 amide bonds. The predicted octanol–water partition coefficient (Wildman–Crippen LogP) is -0.168. The van der Waals surface area contributed by atoms with E-state index in [-0.39, 0.29) is 24.5 Å². The first-order chi connectivity index (χ1) is 5.72. The topological polar surface area (TPSA) is 61.5 Å². The maximum atomic E-state index is 10.8. The molecule has 0 spiro atoms. The lowest BCUT2D eigenvalue weighted by atomic mass is 10.1. The zero-order valence-corrected chi connectivity index (χ0v) is 7.03. The van der Waals surface area contributed by atoms with E-state index in [0.717, 1.165) is 0 Å². The standard InChI is InChI=1S/C8H13NO3/c1-11-8(10)4-7-3-2-6(9)5-12-7/h2-3,6-7H,4-5,9H2,1H3/t6-,7?/m1/s1. The number of nitrogens with two attached hydrogens (primary N) is 1. The van der Waals surface area contributed by atoms with Crippen molar-refractivity contribution < 1.29 is 14.3 Å². The number of carbonyl (C=O) groups is 1. The molecular formula is C8H13NO3. The molecule has 0 fully saturated rings. The summed E-state index contributed by atoms with van der Waals surface area (Å²) >= 11 is 0. The van der Waals surface area contributed by atoms with Gasteiger partial charge in [-0.1, -0.05) is 12.2 Å². The fourth-order valence-corrected chi connectivity index (χ4v) is 0.987. The minimum atomic E-state index is -0.264. The summed E-state index contributed by atoms with van der Waals surface area (Å²) in [6.07, 6.45) is 3.74. The van der Waals surface area contributed by atoms with Crippen LogP contribution in [-0.4, -0.2) is 31.8 Å². The molecule has 12 heavy (non-hydrogen) atoms. The molecule has 2 atom stereocenters. The second-order valence-corrected chi connectivity index (χ2v) is 2.70. The van der Waals surface area contributed by atoms with Gasteiger partial charge in [-0.3, -0.25) is 4.79 Å². The second-order valence-electron chi connectivity index (χ2n) is 2.70. The molecular weight excluding hydrogens is 158 g/mol. The number of rotatable bonds is 2. The Morgan fingerprint density at radius 3 is 3.00 bits per heavy atom. The summed E-state index contributed by atoms with van der Waals surface area (Å²) in [6.45, 7) is 0.470. The molecule has 4 nitrogen and oxygen atoms in total. The van der Waals surface area contributed by atoms with Crippen molar-refractivity contribution in [1.29, 1.82) is 0 Å². The maximum absolute atomic E-state index is 10.8. The third-order valence-corrected chi connectivity index (χ3v) is 1.67. The van der Waals surface area contributed by atoms with Gasteiger partial charge in [-0.05, 0) is 0 Å². The van der Waals surface area contributed by atoms with Crippen molar-refractivity contribution in [3.63, 3.8) is 0 Å².